The number of hydrogen-bond acceptors (Lipinski definition) is 4. The summed E-state index contributed by atoms with van der Waals surface area (Å²) < 4.78 is 80.6. The molecule has 0 bridgehead atoms. The molecule has 0 saturated heterocycles. The van der Waals surface area contributed by atoms with E-state index < -0.39 is 52.5 Å². The Morgan fingerprint density at radius 2 is 1.25 bits per heavy atom. The zero-order chi connectivity index (χ0) is 32.2. The number of hydrogen-bond donors (Lipinski definition) is 2. The maximum absolute atomic E-state index is 13.7. The summed E-state index contributed by atoms with van der Waals surface area (Å²) in [5, 5.41) is 11.1. The molecular weight excluding hydrogens is 592 g/mol. The van der Waals surface area contributed by atoms with Crippen LogP contribution in [0.1, 0.15) is 78.2 Å². The molecule has 0 aliphatic heterocycles. The van der Waals surface area contributed by atoms with Crippen molar-refractivity contribution in [1.82, 2.24) is 5.32 Å². The van der Waals surface area contributed by atoms with Crippen molar-refractivity contribution in [1.29, 1.82) is 0 Å². The van der Waals surface area contributed by atoms with E-state index in [0.717, 1.165) is 36.5 Å². The van der Waals surface area contributed by atoms with Gasteiger partial charge in [-0.2, -0.15) is 26.3 Å². The van der Waals surface area contributed by atoms with Crippen LogP contribution in [0, 0.1) is 0 Å². The fourth-order valence-corrected chi connectivity index (χ4v) is 4.81. The zero-order valence-corrected chi connectivity index (χ0v) is 22.9. The molecule has 3 aromatic carbocycles. The van der Waals surface area contributed by atoms with E-state index in [0.29, 0.717) is 18.6 Å². The second-order valence-corrected chi connectivity index (χ2v) is 10.2. The second-order valence-electron chi connectivity index (χ2n) is 10.2. The molecule has 0 heterocycles. The van der Waals surface area contributed by atoms with E-state index in [1.165, 1.54) is 24.3 Å². The summed E-state index contributed by atoms with van der Waals surface area (Å²) in [7, 11) is 0. The highest BCUT2D eigenvalue weighted by Gasteiger charge is 2.37. The monoisotopic (exact) mass is 617 g/mol. The number of aryl methyl sites for hydroxylation is 2. The van der Waals surface area contributed by atoms with Gasteiger partial charge < -0.3 is 10.4 Å². The van der Waals surface area contributed by atoms with Crippen molar-refractivity contribution in [3.63, 3.8) is 0 Å². The highest BCUT2D eigenvalue weighted by molar-refractivity contribution is 6.32. The minimum atomic E-state index is -5.17. The fourth-order valence-electron chi connectivity index (χ4n) is 4.81. The summed E-state index contributed by atoms with van der Waals surface area (Å²) in [5.41, 5.74) is -2.20. The Morgan fingerprint density at radius 3 is 1.82 bits per heavy atom. The molecule has 0 spiro atoms. The van der Waals surface area contributed by atoms with Crippen LogP contribution in [0.2, 0.25) is 0 Å². The molecule has 6 nitrogen and oxygen atoms in total. The van der Waals surface area contributed by atoms with E-state index in [9.17, 15) is 45.5 Å². The van der Waals surface area contributed by atoms with Crippen LogP contribution in [0.15, 0.2) is 66.7 Å². The molecule has 0 unspecified atom stereocenters. The number of carbonyl (C=O) groups excluding carboxylic acids is 3. The number of benzene rings is 3. The summed E-state index contributed by atoms with van der Waals surface area (Å²) in [4.78, 5) is 49.9. The zero-order valence-electron chi connectivity index (χ0n) is 22.9. The minimum Gasteiger partial charge on any atom is -0.481 e. The third-order valence-electron chi connectivity index (χ3n) is 7.09. The number of aliphatic carboxylic acids is 1. The standard InChI is InChI=1S/C32H25F6NO5/c33-31(34,35)24-14-23(15-25(16-24)32(36,37)38)27(40)17-26(22-10-5-18-3-1-2-4-21(18)13-22)29(43)19-6-8-20(9-7-19)30(44)39-12-11-28(41)42/h5-10,13-17H,1-4,11-12H2,(H,39,44)(H,41,42)/b26-17-. The molecule has 0 radical (unpaired) electrons. The van der Waals surface area contributed by atoms with Gasteiger partial charge in [0.2, 0.25) is 0 Å². The molecule has 0 saturated carbocycles. The lowest BCUT2D eigenvalue weighted by Gasteiger charge is -2.18. The Labute approximate surface area is 247 Å². The summed E-state index contributed by atoms with van der Waals surface area (Å²) in [6.45, 7) is -0.131. The van der Waals surface area contributed by atoms with E-state index in [1.54, 1.807) is 18.2 Å². The topological polar surface area (TPSA) is 101 Å². The van der Waals surface area contributed by atoms with Crippen molar-refractivity contribution in [3.05, 3.63) is 111 Å². The van der Waals surface area contributed by atoms with Gasteiger partial charge in [-0.3, -0.25) is 19.2 Å². The smallest absolute Gasteiger partial charge is 0.416 e. The third-order valence-corrected chi connectivity index (χ3v) is 7.09. The first-order chi connectivity index (χ1) is 20.6. The molecule has 4 rings (SSSR count). The maximum Gasteiger partial charge on any atom is 0.416 e. The van der Waals surface area contributed by atoms with E-state index in [4.69, 9.17) is 5.11 Å². The highest BCUT2D eigenvalue weighted by atomic mass is 19.4. The Kier molecular flexibility index (Phi) is 9.41. The van der Waals surface area contributed by atoms with Gasteiger partial charge in [-0.05, 0) is 78.8 Å². The number of carboxylic acid groups (broad SMARTS) is 1. The van der Waals surface area contributed by atoms with Crippen LogP contribution in [-0.2, 0) is 30.0 Å². The average Bonchev–Trinajstić information content (AvgIpc) is 2.98. The Morgan fingerprint density at radius 1 is 0.705 bits per heavy atom. The van der Waals surface area contributed by atoms with E-state index in [-0.39, 0.29) is 41.3 Å². The van der Waals surface area contributed by atoms with Crippen LogP contribution in [0.4, 0.5) is 26.3 Å². The van der Waals surface area contributed by atoms with Gasteiger partial charge >= 0.3 is 18.3 Å². The van der Waals surface area contributed by atoms with Gasteiger partial charge in [0.25, 0.3) is 5.91 Å². The Balaban J connectivity index is 1.75. The predicted octanol–water partition coefficient (Wildman–Crippen LogP) is 6.96. The summed E-state index contributed by atoms with van der Waals surface area (Å²) in [6.07, 6.45) is -6.59. The van der Waals surface area contributed by atoms with Crippen molar-refractivity contribution in [3.8, 4) is 0 Å². The van der Waals surface area contributed by atoms with Crippen LogP contribution in [-0.4, -0.2) is 35.1 Å². The number of amides is 1. The normalized spacial score (nSPS) is 13.6. The van der Waals surface area contributed by atoms with E-state index in [2.05, 4.69) is 5.32 Å². The molecule has 12 heteroatoms. The number of alkyl halides is 6. The summed E-state index contributed by atoms with van der Waals surface area (Å²) in [6, 6.07) is 10.7. The number of nitrogens with one attached hydrogen (secondary N) is 1. The highest BCUT2D eigenvalue weighted by Crippen LogP contribution is 2.37. The van der Waals surface area contributed by atoms with Gasteiger partial charge in [-0.25, -0.2) is 0 Å². The fraction of sp³-hybridized carbons (Fsp3) is 0.250. The number of fused-ring (bicyclic) bond motifs is 1. The molecule has 0 atom stereocenters. The number of carbonyl (C=O) groups is 4. The van der Waals surface area contributed by atoms with Crippen LogP contribution in [0.5, 0.6) is 0 Å². The van der Waals surface area contributed by atoms with Crippen molar-refractivity contribution in [2.75, 3.05) is 6.54 Å². The molecule has 3 aromatic rings. The van der Waals surface area contributed by atoms with E-state index >= 15 is 0 Å². The van der Waals surface area contributed by atoms with Gasteiger partial charge in [-0.1, -0.05) is 30.3 Å². The van der Waals surface area contributed by atoms with Crippen LogP contribution >= 0.6 is 0 Å². The first-order valence-electron chi connectivity index (χ1n) is 13.5. The van der Waals surface area contributed by atoms with Gasteiger partial charge in [0, 0.05) is 28.8 Å². The first kappa shape index (κ1) is 32.2. The number of ketones is 2. The maximum atomic E-state index is 13.7. The Bertz CT molecular complexity index is 1610. The molecule has 0 aromatic heterocycles. The van der Waals surface area contributed by atoms with Crippen molar-refractivity contribution >= 4 is 29.0 Å². The molecule has 1 amide bonds. The third kappa shape index (κ3) is 7.80. The van der Waals surface area contributed by atoms with Crippen molar-refractivity contribution in [2.24, 2.45) is 0 Å². The number of carboxylic acids is 1. The lowest BCUT2D eigenvalue weighted by Crippen LogP contribution is -2.26. The minimum absolute atomic E-state index is 0.0103. The molecular formula is C32H25F6NO5. The van der Waals surface area contributed by atoms with Crippen LogP contribution < -0.4 is 5.32 Å². The molecule has 1 aliphatic carbocycles. The predicted molar refractivity (Wildman–Crippen MR) is 147 cm³/mol. The first-order valence-corrected chi connectivity index (χ1v) is 13.5. The second kappa shape index (κ2) is 12.9. The lowest BCUT2D eigenvalue weighted by atomic mass is 9.87. The van der Waals surface area contributed by atoms with E-state index in [1.807, 2.05) is 0 Å². The number of allylic oxidation sites excluding steroid dienone is 2. The van der Waals surface area contributed by atoms with Gasteiger partial charge in [0.15, 0.2) is 11.6 Å². The molecule has 2 N–H and O–H groups in total. The lowest BCUT2D eigenvalue weighted by molar-refractivity contribution is -0.143. The van der Waals surface area contributed by atoms with Crippen molar-refractivity contribution in [2.45, 2.75) is 44.5 Å². The number of rotatable bonds is 9. The quantitative estimate of drug-likeness (QED) is 0.154. The molecule has 230 valence electrons. The number of Topliss-reactive ketones (excluding diaryl/α,β-unsaturated/α-hetero) is 1. The molecule has 44 heavy (non-hydrogen) atoms. The largest absolute Gasteiger partial charge is 0.481 e. The average molecular weight is 618 g/mol. The van der Waals surface area contributed by atoms with Gasteiger partial charge in [-0.15, -0.1) is 0 Å². The Hall–Kier alpha value is -4.74. The van der Waals surface area contributed by atoms with Gasteiger partial charge in [0.05, 0.1) is 17.5 Å². The van der Waals surface area contributed by atoms with Crippen LogP contribution in [0.3, 0.4) is 0 Å². The summed E-state index contributed by atoms with van der Waals surface area (Å²) in [5.74, 6) is -3.70. The molecule has 1 aliphatic rings. The van der Waals surface area contributed by atoms with Gasteiger partial charge in [0.1, 0.15) is 0 Å². The van der Waals surface area contributed by atoms with Crippen LogP contribution in [0.25, 0.3) is 5.57 Å². The van der Waals surface area contributed by atoms with Crippen molar-refractivity contribution < 1.29 is 50.6 Å². The molecule has 0 fully saturated rings. The number of halogens is 6. The SMILES string of the molecule is O=C(O)CCNC(=O)c1ccc(C(=O)/C(=C\C(=O)c2cc(C(F)(F)F)cc(C(F)(F)F)c2)c2ccc3c(c2)CCCC3)cc1. The summed E-state index contributed by atoms with van der Waals surface area (Å²) >= 11 is 0.